The van der Waals surface area contributed by atoms with Gasteiger partial charge in [-0.25, -0.2) is 0 Å². The van der Waals surface area contributed by atoms with Crippen molar-refractivity contribution >= 4 is 16.3 Å². The van der Waals surface area contributed by atoms with Gasteiger partial charge in [0.15, 0.2) is 0 Å². The Morgan fingerprint density at radius 1 is 1.14 bits per heavy atom. The van der Waals surface area contributed by atoms with Gasteiger partial charge < -0.3 is 10.5 Å². The molecule has 0 radical (unpaired) electrons. The molecule has 1 aromatic heterocycles. The number of nitrogens with two attached hydrogens (primary N) is 1. The second-order valence-corrected chi connectivity index (χ2v) is 3.85. The van der Waals surface area contributed by atoms with Gasteiger partial charge in [0, 0.05) is 11.1 Å². The summed E-state index contributed by atoms with van der Waals surface area (Å²) in [6.07, 6.45) is 0. The van der Waals surface area contributed by atoms with E-state index in [-0.39, 0.29) is 0 Å². The highest BCUT2D eigenvalue weighted by atomic mass is 32.1. The summed E-state index contributed by atoms with van der Waals surface area (Å²) in [7, 11) is 1.67. The summed E-state index contributed by atoms with van der Waals surface area (Å²) in [6, 6.07) is 9.89. The molecule has 2 aromatic rings. The fraction of sp³-hybridized carbons (Fsp3) is 0.0909. The van der Waals surface area contributed by atoms with Crippen LogP contribution in [0.5, 0.6) is 5.75 Å². The van der Waals surface area contributed by atoms with Crippen LogP contribution < -0.4 is 10.5 Å². The van der Waals surface area contributed by atoms with E-state index in [1.54, 1.807) is 18.4 Å². The molecule has 0 amide bonds. The standard InChI is InChI=1S/C11H11NOS/c1-13-10-5-3-2-4-8(10)9-6-7-14-11(9)12/h2-7H,12H2,1H3. The van der Waals surface area contributed by atoms with Crippen LogP contribution in [0.25, 0.3) is 11.1 Å². The molecule has 0 aliphatic carbocycles. The smallest absolute Gasteiger partial charge is 0.126 e. The molecule has 0 spiro atoms. The molecule has 2 nitrogen and oxygen atoms in total. The largest absolute Gasteiger partial charge is 0.496 e. The Balaban J connectivity index is 2.56. The second-order valence-electron chi connectivity index (χ2n) is 2.90. The summed E-state index contributed by atoms with van der Waals surface area (Å²) in [5.41, 5.74) is 7.96. The molecular weight excluding hydrogens is 194 g/mol. The zero-order valence-electron chi connectivity index (χ0n) is 7.86. The normalized spacial score (nSPS) is 10.1. The lowest BCUT2D eigenvalue weighted by Crippen LogP contribution is -1.88. The first kappa shape index (κ1) is 9.09. The van der Waals surface area contributed by atoms with Gasteiger partial charge in [0.25, 0.3) is 0 Å². The summed E-state index contributed by atoms with van der Waals surface area (Å²) in [5, 5.41) is 2.81. The fourth-order valence-corrected chi connectivity index (χ4v) is 2.07. The van der Waals surface area contributed by atoms with Crippen molar-refractivity contribution in [1.29, 1.82) is 0 Å². The highest BCUT2D eigenvalue weighted by Gasteiger charge is 2.08. The number of benzene rings is 1. The molecule has 0 atom stereocenters. The maximum absolute atomic E-state index is 5.86. The molecule has 2 rings (SSSR count). The van der Waals surface area contributed by atoms with Crippen molar-refractivity contribution in [2.75, 3.05) is 12.8 Å². The first-order valence-electron chi connectivity index (χ1n) is 4.29. The zero-order chi connectivity index (χ0) is 9.97. The van der Waals surface area contributed by atoms with Crippen LogP contribution in [0.2, 0.25) is 0 Å². The van der Waals surface area contributed by atoms with Gasteiger partial charge in [0.2, 0.25) is 0 Å². The Hall–Kier alpha value is -1.48. The van der Waals surface area contributed by atoms with Crippen molar-refractivity contribution in [1.82, 2.24) is 0 Å². The van der Waals surface area contributed by atoms with Crippen molar-refractivity contribution in [3.8, 4) is 16.9 Å². The summed E-state index contributed by atoms with van der Waals surface area (Å²) in [5.74, 6) is 0.859. The van der Waals surface area contributed by atoms with E-state index in [1.807, 2.05) is 35.7 Å². The third kappa shape index (κ3) is 1.46. The Labute approximate surface area is 86.9 Å². The van der Waals surface area contributed by atoms with Crippen LogP contribution in [-0.2, 0) is 0 Å². The molecular formula is C11H11NOS. The van der Waals surface area contributed by atoms with Gasteiger partial charge in [-0.2, -0.15) is 0 Å². The molecule has 0 aliphatic heterocycles. The highest BCUT2D eigenvalue weighted by molar-refractivity contribution is 7.14. The molecule has 0 saturated heterocycles. The van der Waals surface area contributed by atoms with E-state index < -0.39 is 0 Å². The number of hydrogen-bond donors (Lipinski definition) is 1. The van der Waals surface area contributed by atoms with Gasteiger partial charge in [0.05, 0.1) is 12.1 Å². The maximum atomic E-state index is 5.86. The molecule has 72 valence electrons. The quantitative estimate of drug-likeness (QED) is 0.818. The van der Waals surface area contributed by atoms with E-state index in [1.165, 1.54) is 0 Å². The molecule has 0 saturated carbocycles. The number of para-hydroxylation sites is 1. The summed E-state index contributed by atoms with van der Waals surface area (Å²) in [4.78, 5) is 0. The van der Waals surface area contributed by atoms with Crippen molar-refractivity contribution in [2.45, 2.75) is 0 Å². The van der Waals surface area contributed by atoms with Crippen LogP contribution in [0.4, 0.5) is 5.00 Å². The van der Waals surface area contributed by atoms with Gasteiger partial charge >= 0.3 is 0 Å². The molecule has 1 heterocycles. The van der Waals surface area contributed by atoms with Crippen molar-refractivity contribution in [2.24, 2.45) is 0 Å². The van der Waals surface area contributed by atoms with E-state index in [2.05, 4.69) is 0 Å². The van der Waals surface area contributed by atoms with E-state index in [4.69, 9.17) is 10.5 Å². The van der Waals surface area contributed by atoms with E-state index >= 15 is 0 Å². The monoisotopic (exact) mass is 205 g/mol. The predicted octanol–water partition coefficient (Wildman–Crippen LogP) is 3.01. The number of rotatable bonds is 2. The summed E-state index contributed by atoms with van der Waals surface area (Å²) in [6.45, 7) is 0. The van der Waals surface area contributed by atoms with Gasteiger partial charge in [-0.1, -0.05) is 18.2 Å². The maximum Gasteiger partial charge on any atom is 0.126 e. The SMILES string of the molecule is COc1ccccc1-c1ccsc1N. The van der Waals surface area contributed by atoms with Crippen molar-refractivity contribution in [3.05, 3.63) is 35.7 Å². The van der Waals surface area contributed by atoms with Crippen molar-refractivity contribution < 1.29 is 4.74 Å². The van der Waals surface area contributed by atoms with Gasteiger partial charge in [-0.15, -0.1) is 11.3 Å². The number of methoxy groups -OCH3 is 1. The van der Waals surface area contributed by atoms with E-state index in [9.17, 15) is 0 Å². The van der Waals surface area contributed by atoms with E-state index in [0.29, 0.717) is 0 Å². The lowest BCUT2D eigenvalue weighted by atomic mass is 10.1. The van der Waals surface area contributed by atoms with Crippen molar-refractivity contribution in [3.63, 3.8) is 0 Å². The Kier molecular flexibility index (Phi) is 2.41. The fourth-order valence-electron chi connectivity index (χ4n) is 1.41. The minimum absolute atomic E-state index is 0.828. The topological polar surface area (TPSA) is 35.2 Å². The van der Waals surface area contributed by atoms with Gasteiger partial charge in [-0.05, 0) is 17.5 Å². The number of thiophene rings is 1. The molecule has 1 aromatic carbocycles. The number of nitrogen functional groups attached to an aromatic ring is 1. The number of ether oxygens (including phenoxy) is 1. The molecule has 2 N–H and O–H groups in total. The van der Waals surface area contributed by atoms with Gasteiger partial charge in [0.1, 0.15) is 5.75 Å². The highest BCUT2D eigenvalue weighted by Crippen LogP contribution is 2.36. The third-order valence-corrected chi connectivity index (χ3v) is 2.84. The van der Waals surface area contributed by atoms with E-state index in [0.717, 1.165) is 21.9 Å². The first-order valence-corrected chi connectivity index (χ1v) is 5.17. The average Bonchev–Trinajstić information content (AvgIpc) is 2.64. The zero-order valence-corrected chi connectivity index (χ0v) is 8.67. The molecule has 0 aliphatic rings. The number of anilines is 1. The van der Waals surface area contributed by atoms with Crippen LogP contribution >= 0.6 is 11.3 Å². The Morgan fingerprint density at radius 3 is 2.57 bits per heavy atom. The first-order chi connectivity index (χ1) is 6.83. The van der Waals surface area contributed by atoms with Crippen LogP contribution in [0.1, 0.15) is 0 Å². The second kappa shape index (κ2) is 3.72. The Bertz CT molecular complexity index is 436. The molecule has 0 fully saturated rings. The minimum atomic E-state index is 0.828. The molecule has 0 bridgehead atoms. The number of hydrogen-bond acceptors (Lipinski definition) is 3. The van der Waals surface area contributed by atoms with Crippen LogP contribution in [0, 0.1) is 0 Å². The molecule has 3 heteroatoms. The molecule has 0 unspecified atom stereocenters. The third-order valence-electron chi connectivity index (χ3n) is 2.09. The average molecular weight is 205 g/mol. The lowest BCUT2D eigenvalue weighted by molar-refractivity contribution is 0.416. The molecule has 14 heavy (non-hydrogen) atoms. The van der Waals surface area contributed by atoms with Crippen LogP contribution in [0.15, 0.2) is 35.7 Å². The minimum Gasteiger partial charge on any atom is -0.496 e. The lowest BCUT2D eigenvalue weighted by Gasteiger charge is -2.06. The summed E-state index contributed by atoms with van der Waals surface area (Å²) >= 11 is 1.54. The van der Waals surface area contributed by atoms with Crippen LogP contribution in [-0.4, -0.2) is 7.11 Å². The Morgan fingerprint density at radius 2 is 1.93 bits per heavy atom. The summed E-state index contributed by atoms with van der Waals surface area (Å²) < 4.78 is 5.27. The van der Waals surface area contributed by atoms with Gasteiger partial charge in [-0.3, -0.25) is 0 Å². The van der Waals surface area contributed by atoms with Crippen LogP contribution in [0.3, 0.4) is 0 Å². The predicted molar refractivity (Wildman–Crippen MR) is 60.7 cm³/mol.